The third-order valence-electron chi connectivity index (χ3n) is 2.77. The SMILES string of the molecule is CCN(C(=O)c1ccncc1F)c1ccc(N)cc1. The van der Waals surface area contributed by atoms with Crippen LogP contribution >= 0.6 is 0 Å². The summed E-state index contributed by atoms with van der Waals surface area (Å²) in [5, 5.41) is 0. The zero-order valence-electron chi connectivity index (χ0n) is 10.5. The molecule has 4 nitrogen and oxygen atoms in total. The number of halogens is 1. The van der Waals surface area contributed by atoms with Gasteiger partial charge in [-0.25, -0.2) is 4.39 Å². The van der Waals surface area contributed by atoms with E-state index < -0.39 is 11.7 Å². The number of carbonyl (C=O) groups is 1. The number of anilines is 2. The first-order valence-electron chi connectivity index (χ1n) is 5.90. The second-order valence-electron chi connectivity index (χ2n) is 4.00. The van der Waals surface area contributed by atoms with Crippen molar-refractivity contribution < 1.29 is 9.18 Å². The molecule has 1 heterocycles. The van der Waals surface area contributed by atoms with Crippen LogP contribution in [0.4, 0.5) is 15.8 Å². The molecule has 19 heavy (non-hydrogen) atoms. The van der Waals surface area contributed by atoms with Crippen molar-refractivity contribution in [1.82, 2.24) is 4.98 Å². The van der Waals surface area contributed by atoms with E-state index in [1.165, 1.54) is 17.2 Å². The van der Waals surface area contributed by atoms with Crippen LogP contribution in [-0.2, 0) is 0 Å². The van der Waals surface area contributed by atoms with E-state index in [2.05, 4.69) is 4.98 Å². The highest BCUT2D eigenvalue weighted by Gasteiger charge is 2.19. The summed E-state index contributed by atoms with van der Waals surface area (Å²) in [5.74, 6) is -1.02. The molecular weight excluding hydrogens is 245 g/mol. The van der Waals surface area contributed by atoms with Gasteiger partial charge in [0.1, 0.15) is 0 Å². The summed E-state index contributed by atoms with van der Waals surface area (Å²) in [7, 11) is 0. The van der Waals surface area contributed by atoms with Crippen LogP contribution in [0, 0.1) is 5.82 Å². The maximum Gasteiger partial charge on any atom is 0.261 e. The van der Waals surface area contributed by atoms with Crippen molar-refractivity contribution in [2.45, 2.75) is 6.92 Å². The fraction of sp³-hybridized carbons (Fsp3) is 0.143. The van der Waals surface area contributed by atoms with Crippen LogP contribution in [0.25, 0.3) is 0 Å². The maximum absolute atomic E-state index is 13.6. The zero-order chi connectivity index (χ0) is 13.8. The lowest BCUT2D eigenvalue weighted by Crippen LogP contribution is -2.31. The van der Waals surface area contributed by atoms with E-state index in [1.54, 1.807) is 24.3 Å². The highest BCUT2D eigenvalue weighted by molar-refractivity contribution is 6.06. The number of nitrogens with zero attached hydrogens (tertiary/aromatic N) is 2. The average Bonchev–Trinajstić information content (AvgIpc) is 2.42. The molecule has 0 atom stereocenters. The quantitative estimate of drug-likeness (QED) is 0.861. The molecule has 1 aromatic heterocycles. The molecule has 5 heteroatoms. The van der Waals surface area contributed by atoms with Gasteiger partial charge in [0.05, 0.1) is 11.8 Å². The van der Waals surface area contributed by atoms with Crippen LogP contribution < -0.4 is 10.6 Å². The second-order valence-corrected chi connectivity index (χ2v) is 4.00. The summed E-state index contributed by atoms with van der Waals surface area (Å²) < 4.78 is 13.6. The van der Waals surface area contributed by atoms with Crippen molar-refractivity contribution >= 4 is 17.3 Å². The van der Waals surface area contributed by atoms with Gasteiger partial charge in [-0.15, -0.1) is 0 Å². The summed E-state index contributed by atoms with van der Waals surface area (Å²) in [6.07, 6.45) is 2.43. The number of carbonyl (C=O) groups excluding carboxylic acids is 1. The minimum atomic E-state index is -0.624. The Morgan fingerprint density at radius 2 is 2.00 bits per heavy atom. The monoisotopic (exact) mass is 259 g/mol. The number of rotatable bonds is 3. The number of aromatic nitrogens is 1. The second kappa shape index (κ2) is 5.48. The van der Waals surface area contributed by atoms with E-state index in [0.717, 1.165) is 6.20 Å². The van der Waals surface area contributed by atoms with Crippen LogP contribution in [0.3, 0.4) is 0 Å². The largest absolute Gasteiger partial charge is 0.399 e. The van der Waals surface area contributed by atoms with Gasteiger partial charge >= 0.3 is 0 Å². The maximum atomic E-state index is 13.6. The molecule has 1 aromatic carbocycles. The summed E-state index contributed by atoms with van der Waals surface area (Å²) >= 11 is 0. The van der Waals surface area contributed by atoms with Crippen molar-refractivity contribution in [3.8, 4) is 0 Å². The van der Waals surface area contributed by atoms with Crippen LogP contribution in [0.15, 0.2) is 42.7 Å². The standard InChI is InChI=1S/C14H14FN3O/c1-2-18(11-5-3-10(16)4-6-11)14(19)12-7-8-17-9-13(12)15/h3-9H,2,16H2,1H3. The molecule has 0 radical (unpaired) electrons. The zero-order valence-corrected chi connectivity index (χ0v) is 10.5. The van der Waals surface area contributed by atoms with Gasteiger partial charge in [-0.1, -0.05) is 0 Å². The number of nitrogens with two attached hydrogens (primary N) is 1. The minimum absolute atomic E-state index is 0.00803. The Balaban J connectivity index is 2.35. The molecule has 98 valence electrons. The van der Waals surface area contributed by atoms with Crippen molar-refractivity contribution in [3.63, 3.8) is 0 Å². The van der Waals surface area contributed by atoms with Crippen LogP contribution in [-0.4, -0.2) is 17.4 Å². The average molecular weight is 259 g/mol. The van der Waals surface area contributed by atoms with Crippen molar-refractivity contribution in [2.75, 3.05) is 17.2 Å². The molecule has 2 rings (SSSR count). The number of benzene rings is 1. The van der Waals surface area contributed by atoms with Crippen molar-refractivity contribution in [2.24, 2.45) is 0 Å². The Bertz CT molecular complexity index is 583. The fourth-order valence-electron chi connectivity index (χ4n) is 1.79. The van der Waals surface area contributed by atoms with Crippen LogP contribution in [0.1, 0.15) is 17.3 Å². The predicted octanol–water partition coefficient (Wildman–Crippen LogP) is 2.47. The molecule has 2 aromatic rings. The van der Waals surface area contributed by atoms with Crippen LogP contribution in [0.2, 0.25) is 0 Å². The highest BCUT2D eigenvalue weighted by atomic mass is 19.1. The smallest absolute Gasteiger partial charge is 0.261 e. The van der Waals surface area contributed by atoms with Gasteiger partial charge in [-0.05, 0) is 37.3 Å². The lowest BCUT2D eigenvalue weighted by molar-refractivity contribution is 0.0984. The van der Waals surface area contributed by atoms with Crippen molar-refractivity contribution in [1.29, 1.82) is 0 Å². The van der Waals surface area contributed by atoms with E-state index in [1.807, 2.05) is 6.92 Å². The lowest BCUT2D eigenvalue weighted by atomic mass is 10.2. The van der Waals surface area contributed by atoms with Gasteiger partial charge in [-0.2, -0.15) is 0 Å². The van der Waals surface area contributed by atoms with Gasteiger partial charge in [0.25, 0.3) is 5.91 Å². The molecule has 0 saturated heterocycles. The number of pyridine rings is 1. The molecule has 0 bridgehead atoms. The third kappa shape index (κ3) is 2.70. The Kier molecular flexibility index (Phi) is 3.75. The highest BCUT2D eigenvalue weighted by Crippen LogP contribution is 2.19. The summed E-state index contributed by atoms with van der Waals surface area (Å²) in [6, 6.07) is 8.24. The van der Waals surface area contributed by atoms with Gasteiger partial charge in [0, 0.05) is 24.1 Å². The van der Waals surface area contributed by atoms with Gasteiger partial charge in [-0.3, -0.25) is 9.78 Å². The molecule has 0 saturated carbocycles. The normalized spacial score (nSPS) is 10.2. The van der Waals surface area contributed by atoms with E-state index in [-0.39, 0.29) is 5.56 Å². The number of nitrogen functional groups attached to an aromatic ring is 1. The molecule has 0 aliphatic carbocycles. The molecule has 1 amide bonds. The predicted molar refractivity (Wildman–Crippen MR) is 72.4 cm³/mol. The lowest BCUT2D eigenvalue weighted by Gasteiger charge is -2.21. The van der Waals surface area contributed by atoms with Gasteiger partial charge in [0.15, 0.2) is 5.82 Å². The Labute approximate surface area is 110 Å². The fourth-order valence-corrected chi connectivity index (χ4v) is 1.79. The Hall–Kier alpha value is -2.43. The molecule has 0 unspecified atom stereocenters. The first-order chi connectivity index (χ1) is 9.13. The Morgan fingerprint density at radius 3 is 2.58 bits per heavy atom. The molecular formula is C14H14FN3O. The van der Waals surface area contributed by atoms with Gasteiger partial charge < -0.3 is 10.6 Å². The third-order valence-corrected chi connectivity index (χ3v) is 2.77. The van der Waals surface area contributed by atoms with E-state index in [9.17, 15) is 9.18 Å². The topological polar surface area (TPSA) is 59.2 Å². The first kappa shape index (κ1) is 13.0. The molecule has 0 fully saturated rings. The molecule has 0 aliphatic heterocycles. The minimum Gasteiger partial charge on any atom is -0.399 e. The van der Waals surface area contributed by atoms with Crippen LogP contribution in [0.5, 0.6) is 0 Å². The number of hydrogen-bond acceptors (Lipinski definition) is 3. The summed E-state index contributed by atoms with van der Waals surface area (Å²) in [5.41, 5.74) is 6.91. The number of hydrogen-bond donors (Lipinski definition) is 1. The van der Waals surface area contributed by atoms with E-state index >= 15 is 0 Å². The molecule has 0 spiro atoms. The number of amides is 1. The van der Waals surface area contributed by atoms with Gasteiger partial charge in [0.2, 0.25) is 0 Å². The summed E-state index contributed by atoms with van der Waals surface area (Å²) in [4.78, 5) is 17.4. The van der Waals surface area contributed by atoms with E-state index in [0.29, 0.717) is 17.9 Å². The summed E-state index contributed by atoms with van der Waals surface area (Å²) in [6.45, 7) is 2.26. The van der Waals surface area contributed by atoms with Crippen molar-refractivity contribution in [3.05, 3.63) is 54.1 Å². The van der Waals surface area contributed by atoms with E-state index in [4.69, 9.17) is 5.73 Å². The molecule has 0 aliphatic rings. The molecule has 2 N–H and O–H groups in total. The Morgan fingerprint density at radius 1 is 1.32 bits per heavy atom. The first-order valence-corrected chi connectivity index (χ1v) is 5.90.